The van der Waals surface area contributed by atoms with Crippen LogP contribution in [0.25, 0.3) is 0 Å². The second-order valence-corrected chi connectivity index (χ2v) is 6.31. The zero-order valence-electron chi connectivity index (χ0n) is 16.4. The molecule has 0 fully saturated rings. The van der Waals surface area contributed by atoms with E-state index in [0.717, 1.165) is 0 Å². The first-order valence-electron chi connectivity index (χ1n) is 9.17. The Morgan fingerprint density at radius 1 is 1.21 bits per heavy atom. The van der Waals surface area contributed by atoms with Gasteiger partial charge in [0, 0.05) is 13.7 Å². The molecule has 2 aromatic rings. The Kier molecular flexibility index (Phi) is 8.31. The van der Waals surface area contributed by atoms with Crippen molar-refractivity contribution in [2.24, 2.45) is 0 Å². The predicted molar refractivity (Wildman–Crippen MR) is 105 cm³/mol. The number of hydrogen-bond donors (Lipinski definition) is 4. The van der Waals surface area contributed by atoms with E-state index in [1.165, 1.54) is 7.11 Å². The highest BCUT2D eigenvalue weighted by Gasteiger charge is 2.16. The van der Waals surface area contributed by atoms with Gasteiger partial charge in [0.2, 0.25) is 6.29 Å². The van der Waals surface area contributed by atoms with E-state index in [4.69, 9.17) is 14.2 Å². The van der Waals surface area contributed by atoms with Crippen LogP contribution in [0.3, 0.4) is 0 Å². The van der Waals surface area contributed by atoms with Gasteiger partial charge in [0.15, 0.2) is 11.5 Å². The second-order valence-electron chi connectivity index (χ2n) is 6.31. The molecule has 4 N–H and O–H groups in total. The van der Waals surface area contributed by atoms with Crippen molar-refractivity contribution >= 4 is 0 Å². The Hall–Kier alpha value is -2.55. The lowest BCUT2D eigenvalue weighted by Gasteiger charge is -2.19. The zero-order valence-corrected chi connectivity index (χ0v) is 16.4. The van der Waals surface area contributed by atoms with Gasteiger partial charge in [0.25, 0.3) is 5.43 Å². The van der Waals surface area contributed by atoms with Crippen molar-refractivity contribution in [3.63, 3.8) is 0 Å². The fraction of sp³-hybridized carbons (Fsp3) is 0.450. The van der Waals surface area contributed by atoms with Crippen molar-refractivity contribution in [3.8, 4) is 17.2 Å². The van der Waals surface area contributed by atoms with Crippen LogP contribution in [-0.2, 0) is 11.2 Å². The lowest BCUT2D eigenvalue weighted by Crippen LogP contribution is -2.38. The summed E-state index contributed by atoms with van der Waals surface area (Å²) >= 11 is 0. The molecule has 0 radical (unpaired) electrons. The Balaban J connectivity index is 1.80. The van der Waals surface area contributed by atoms with Crippen LogP contribution in [0.1, 0.15) is 18.3 Å². The minimum absolute atomic E-state index is 0.0101. The summed E-state index contributed by atoms with van der Waals surface area (Å²) in [5.74, 6) is 0.345. The first kappa shape index (κ1) is 21.7. The average molecular weight is 392 g/mol. The third-order valence-electron chi connectivity index (χ3n) is 4.12. The maximum absolute atomic E-state index is 12.2. The molecular weight excluding hydrogens is 364 g/mol. The smallest absolute Gasteiger partial charge is 0.265 e. The van der Waals surface area contributed by atoms with Gasteiger partial charge in [-0.1, -0.05) is 25.1 Å². The number of aryl methyl sites for hydroxylation is 2. The summed E-state index contributed by atoms with van der Waals surface area (Å²) in [6, 6.07) is 9.28. The highest BCUT2D eigenvalue weighted by Crippen LogP contribution is 2.18. The molecule has 0 amide bonds. The highest BCUT2D eigenvalue weighted by atomic mass is 16.7. The van der Waals surface area contributed by atoms with E-state index in [9.17, 15) is 15.0 Å². The average Bonchev–Trinajstić information content (AvgIpc) is 2.70. The van der Waals surface area contributed by atoms with Crippen molar-refractivity contribution < 1.29 is 24.4 Å². The van der Waals surface area contributed by atoms with Crippen LogP contribution in [0, 0.1) is 6.92 Å². The number of nitrogens with one attached hydrogen (secondary N) is 2. The van der Waals surface area contributed by atoms with Gasteiger partial charge < -0.3 is 34.7 Å². The molecule has 0 saturated carbocycles. The monoisotopic (exact) mass is 392 g/mol. The van der Waals surface area contributed by atoms with E-state index in [-0.39, 0.29) is 24.7 Å². The molecule has 0 aliphatic rings. The molecular formula is C20H28N2O6. The van der Waals surface area contributed by atoms with Gasteiger partial charge in [-0.25, -0.2) is 0 Å². The molecule has 2 atom stereocenters. The standard InChI is InChI=1S/C20H28N2O6/c1-4-16-18(24)19(25)20(13(2)22-16)27-12-14(23)10-21-11-17(26-3)28-15-8-6-5-7-9-15/h5-9,14,17,21,23-24H,4,10-12H2,1-3H3,(H,22,25). The summed E-state index contributed by atoms with van der Waals surface area (Å²) in [5, 5.41) is 23.0. The summed E-state index contributed by atoms with van der Waals surface area (Å²) in [7, 11) is 1.54. The molecule has 0 saturated heterocycles. The summed E-state index contributed by atoms with van der Waals surface area (Å²) < 4.78 is 16.4. The Morgan fingerprint density at radius 3 is 2.57 bits per heavy atom. The number of ether oxygens (including phenoxy) is 3. The fourth-order valence-corrected chi connectivity index (χ4v) is 2.62. The van der Waals surface area contributed by atoms with E-state index in [1.54, 1.807) is 6.92 Å². The van der Waals surface area contributed by atoms with E-state index in [2.05, 4.69) is 10.3 Å². The number of aromatic amines is 1. The van der Waals surface area contributed by atoms with Crippen LogP contribution in [0.2, 0.25) is 0 Å². The second kappa shape index (κ2) is 10.7. The molecule has 1 aromatic carbocycles. The largest absolute Gasteiger partial charge is 0.503 e. The number of methoxy groups -OCH3 is 1. The van der Waals surface area contributed by atoms with Gasteiger partial charge in [-0.2, -0.15) is 0 Å². The number of aliphatic hydroxyl groups is 1. The minimum Gasteiger partial charge on any atom is -0.503 e. The number of pyridine rings is 1. The van der Waals surface area contributed by atoms with Crippen molar-refractivity contribution in [1.29, 1.82) is 0 Å². The molecule has 0 spiro atoms. The van der Waals surface area contributed by atoms with Crippen LogP contribution in [0.4, 0.5) is 0 Å². The summed E-state index contributed by atoms with van der Waals surface area (Å²) in [4.78, 5) is 15.1. The van der Waals surface area contributed by atoms with Crippen LogP contribution in [-0.4, -0.2) is 54.4 Å². The number of aromatic nitrogens is 1. The lowest BCUT2D eigenvalue weighted by molar-refractivity contribution is -0.0523. The first-order valence-corrected chi connectivity index (χ1v) is 9.17. The molecule has 1 heterocycles. The lowest BCUT2D eigenvalue weighted by atomic mass is 10.2. The van der Waals surface area contributed by atoms with Gasteiger partial charge in [-0.05, 0) is 25.5 Å². The SMILES string of the molecule is CCc1[nH]c(C)c(OCC(O)CNCC(OC)Oc2ccccc2)c(=O)c1O. The van der Waals surface area contributed by atoms with Crippen LogP contribution >= 0.6 is 0 Å². The van der Waals surface area contributed by atoms with E-state index < -0.39 is 17.8 Å². The molecule has 0 aliphatic heterocycles. The molecule has 154 valence electrons. The molecule has 0 aliphatic carbocycles. The zero-order chi connectivity index (χ0) is 20.5. The van der Waals surface area contributed by atoms with Crippen LogP contribution in [0.5, 0.6) is 17.2 Å². The van der Waals surface area contributed by atoms with Crippen LogP contribution in [0.15, 0.2) is 35.1 Å². The molecule has 1 aromatic heterocycles. The normalized spacial score (nSPS) is 13.1. The number of hydrogen-bond acceptors (Lipinski definition) is 7. The Labute approximate surface area is 164 Å². The van der Waals surface area contributed by atoms with E-state index >= 15 is 0 Å². The summed E-state index contributed by atoms with van der Waals surface area (Å²) in [6.07, 6.45) is -0.874. The van der Waals surface area contributed by atoms with E-state index in [0.29, 0.717) is 30.1 Å². The Bertz CT molecular complexity index is 793. The predicted octanol–water partition coefficient (Wildman–Crippen LogP) is 1.33. The molecule has 2 unspecified atom stereocenters. The first-order chi connectivity index (χ1) is 13.5. The van der Waals surface area contributed by atoms with Gasteiger partial charge in [0.1, 0.15) is 18.5 Å². The Morgan fingerprint density at radius 2 is 1.93 bits per heavy atom. The minimum atomic E-state index is -0.860. The summed E-state index contributed by atoms with van der Waals surface area (Å²) in [5.41, 5.74) is 0.389. The van der Waals surface area contributed by atoms with Crippen molar-refractivity contribution in [2.75, 3.05) is 26.8 Å². The topological polar surface area (TPSA) is 113 Å². The number of aliphatic hydroxyl groups excluding tert-OH is 1. The molecule has 8 heteroatoms. The fourth-order valence-electron chi connectivity index (χ4n) is 2.62. The quantitative estimate of drug-likeness (QED) is 0.427. The van der Waals surface area contributed by atoms with Gasteiger partial charge >= 0.3 is 0 Å². The van der Waals surface area contributed by atoms with Gasteiger partial charge in [0.05, 0.1) is 17.9 Å². The van der Waals surface area contributed by atoms with E-state index in [1.807, 2.05) is 37.3 Å². The van der Waals surface area contributed by atoms with Crippen molar-refractivity contribution in [3.05, 3.63) is 51.9 Å². The van der Waals surface area contributed by atoms with Gasteiger partial charge in [-0.3, -0.25) is 4.79 Å². The van der Waals surface area contributed by atoms with Crippen LogP contribution < -0.4 is 20.2 Å². The molecule has 2 rings (SSSR count). The van der Waals surface area contributed by atoms with Crippen molar-refractivity contribution in [1.82, 2.24) is 10.3 Å². The molecule has 28 heavy (non-hydrogen) atoms. The number of rotatable bonds is 11. The van der Waals surface area contributed by atoms with Crippen molar-refractivity contribution in [2.45, 2.75) is 32.7 Å². The number of H-pyrrole nitrogens is 1. The van der Waals surface area contributed by atoms with Gasteiger partial charge in [-0.15, -0.1) is 0 Å². The maximum atomic E-state index is 12.2. The number of aromatic hydroxyl groups is 1. The number of para-hydroxylation sites is 1. The molecule has 0 bridgehead atoms. The third kappa shape index (κ3) is 5.98. The highest BCUT2D eigenvalue weighted by molar-refractivity contribution is 5.38. The number of benzene rings is 1. The maximum Gasteiger partial charge on any atom is 0.265 e. The third-order valence-corrected chi connectivity index (χ3v) is 4.12. The molecule has 8 nitrogen and oxygen atoms in total. The summed E-state index contributed by atoms with van der Waals surface area (Å²) in [6.45, 7) is 3.99.